The molecule has 0 atom stereocenters. The molecule has 0 bridgehead atoms. The van der Waals surface area contributed by atoms with Gasteiger partial charge < -0.3 is 9.13 Å². The standard InChI is InChI=1S/C56H46N4/c57-35-37-17-15-23-41(33-37)53-51(39-19-3-1-4-20-39)55(59-47-29-11-7-25-43(47)44-26-8-12-30-48(44)59)52(40-21-5-2-6-22-40)54(42-24-16-18-38(34-42)36-58)56(53)60-49-31-13-9-27-45(49)46-28-10-14-32-50(46)60/h7-18,23-34,39-40H,1-6,19-22H2. The van der Waals surface area contributed by atoms with E-state index in [0.717, 1.165) is 53.5 Å². The van der Waals surface area contributed by atoms with Gasteiger partial charge in [0.25, 0.3) is 0 Å². The average Bonchev–Trinajstić information content (AvgIpc) is 3.84. The van der Waals surface area contributed by atoms with E-state index in [0.29, 0.717) is 23.0 Å². The summed E-state index contributed by atoms with van der Waals surface area (Å²) in [6.07, 6.45) is 11.7. The van der Waals surface area contributed by atoms with Crippen LogP contribution < -0.4 is 0 Å². The highest BCUT2D eigenvalue weighted by molar-refractivity contribution is 6.13. The molecule has 2 aliphatic carbocycles. The predicted molar refractivity (Wildman–Crippen MR) is 247 cm³/mol. The number of nitrogens with zero attached hydrogens (tertiary/aromatic N) is 4. The zero-order valence-electron chi connectivity index (χ0n) is 33.9. The minimum atomic E-state index is 0.295. The van der Waals surface area contributed by atoms with Crippen molar-refractivity contribution in [3.63, 3.8) is 0 Å². The Labute approximate surface area is 351 Å². The lowest BCUT2D eigenvalue weighted by Gasteiger charge is -2.37. The van der Waals surface area contributed by atoms with Gasteiger partial charge in [-0.05, 0) is 108 Å². The summed E-state index contributed by atoms with van der Waals surface area (Å²) >= 11 is 0. The van der Waals surface area contributed by atoms with E-state index in [9.17, 15) is 10.5 Å². The van der Waals surface area contributed by atoms with Gasteiger partial charge in [0, 0.05) is 32.7 Å². The van der Waals surface area contributed by atoms with Crippen LogP contribution in [0.5, 0.6) is 0 Å². The van der Waals surface area contributed by atoms with Gasteiger partial charge >= 0.3 is 0 Å². The Balaban J connectivity index is 1.47. The Morgan fingerprint density at radius 3 is 1.10 bits per heavy atom. The van der Waals surface area contributed by atoms with Gasteiger partial charge in [-0.15, -0.1) is 0 Å². The molecular weight excluding hydrogens is 729 g/mol. The first kappa shape index (κ1) is 36.2. The summed E-state index contributed by atoms with van der Waals surface area (Å²) in [7, 11) is 0. The van der Waals surface area contributed by atoms with Crippen molar-refractivity contribution in [1.29, 1.82) is 10.5 Å². The van der Waals surface area contributed by atoms with Crippen molar-refractivity contribution in [3.05, 3.63) is 168 Å². The molecular formula is C56H46N4. The number of hydrogen-bond donors (Lipinski definition) is 0. The van der Waals surface area contributed by atoms with E-state index in [4.69, 9.17) is 0 Å². The van der Waals surface area contributed by atoms with E-state index in [2.05, 4.69) is 155 Å². The minimum absolute atomic E-state index is 0.295. The molecule has 0 unspecified atom stereocenters. The van der Waals surface area contributed by atoms with Crippen LogP contribution in [-0.2, 0) is 0 Å². The van der Waals surface area contributed by atoms with Gasteiger partial charge in [0.2, 0.25) is 0 Å². The van der Waals surface area contributed by atoms with Crippen LogP contribution in [0.4, 0.5) is 0 Å². The third-order valence-electron chi connectivity index (χ3n) is 13.7. The SMILES string of the molecule is N#Cc1cccc(-c2c(C3CCCCC3)c(-n3c4ccccc4c4ccccc43)c(C3CCCCC3)c(-c3cccc(C#N)c3)c2-n2c3ccccc3c3ccccc32)c1. The summed E-state index contributed by atoms with van der Waals surface area (Å²) in [4.78, 5) is 0. The van der Waals surface area contributed by atoms with Crippen LogP contribution in [0.1, 0.15) is 98.3 Å². The fourth-order valence-electron chi connectivity index (χ4n) is 11.2. The molecule has 2 aromatic heterocycles. The van der Waals surface area contributed by atoms with Crippen LogP contribution in [0.15, 0.2) is 146 Å². The topological polar surface area (TPSA) is 57.4 Å². The van der Waals surface area contributed by atoms with Gasteiger partial charge in [-0.1, -0.05) is 136 Å². The third-order valence-corrected chi connectivity index (χ3v) is 13.7. The molecule has 60 heavy (non-hydrogen) atoms. The molecule has 2 heterocycles. The van der Waals surface area contributed by atoms with Crippen molar-refractivity contribution in [3.8, 4) is 45.8 Å². The zero-order chi connectivity index (χ0) is 40.2. The maximum Gasteiger partial charge on any atom is 0.0991 e. The van der Waals surface area contributed by atoms with Crippen LogP contribution in [0, 0.1) is 22.7 Å². The van der Waals surface area contributed by atoms with Gasteiger partial charge in [0.05, 0.1) is 56.7 Å². The lowest BCUT2D eigenvalue weighted by atomic mass is 9.72. The fraction of sp³-hybridized carbons (Fsp3) is 0.214. The van der Waals surface area contributed by atoms with Gasteiger partial charge in [-0.3, -0.25) is 0 Å². The highest BCUT2D eigenvalue weighted by Gasteiger charge is 2.37. The Bertz CT molecular complexity index is 3000. The molecule has 0 N–H and O–H groups in total. The van der Waals surface area contributed by atoms with Gasteiger partial charge in [0.15, 0.2) is 0 Å². The summed E-state index contributed by atoms with van der Waals surface area (Å²) < 4.78 is 5.20. The highest BCUT2D eigenvalue weighted by atomic mass is 15.0. The molecule has 2 fully saturated rings. The quantitative estimate of drug-likeness (QED) is 0.169. The molecule has 11 rings (SSSR count). The molecule has 7 aromatic carbocycles. The molecule has 2 saturated carbocycles. The van der Waals surface area contributed by atoms with Crippen molar-refractivity contribution in [2.75, 3.05) is 0 Å². The monoisotopic (exact) mass is 774 g/mol. The molecule has 0 amide bonds. The number of nitriles is 2. The first-order valence-electron chi connectivity index (χ1n) is 22.0. The molecule has 2 aliphatic rings. The van der Waals surface area contributed by atoms with E-state index in [-0.39, 0.29) is 0 Å². The number of rotatable bonds is 6. The summed E-state index contributed by atoms with van der Waals surface area (Å²) in [6.45, 7) is 0. The summed E-state index contributed by atoms with van der Waals surface area (Å²) in [6, 6.07) is 57.4. The molecule has 0 saturated heterocycles. The number of aromatic nitrogens is 2. The van der Waals surface area contributed by atoms with Crippen LogP contribution in [0.3, 0.4) is 0 Å². The smallest absolute Gasteiger partial charge is 0.0991 e. The van der Waals surface area contributed by atoms with E-state index in [1.54, 1.807) is 0 Å². The molecule has 290 valence electrons. The highest BCUT2D eigenvalue weighted by Crippen LogP contribution is 2.56. The lowest BCUT2D eigenvalue weighted by Crippen LogP contribution is -2.20. The molecule has 9 aromatic rings. The van der Waals surface area contributed by atoms with E-state index < -0.39 is 0 Å². The average molecular weight is 775 g/mol. The largest absolute Gasteiger partial charge is 0.309 e. The zero-order valence-corrected chi connectivity index (χ0v) is 33.9. The molecule has 0 spiro atoms. The van der Waals surface area contributed by atoms with E-state index >= 15 is 0 Å². The summed E-state index contributed by atoms with van der Waals surface area (Å²) in [5, 5.41) is 26.0. The Hall–Kier alpha value is -6.88. The number of para-hydroxylation sites is 4. The first-order valence-corrected chi connectivity index (χ1v) is 22.0. The molecule has 4 nitrogen and oxygen atoms in total. The van der Waals surface area contributed by atoms with Crippen LogP contribution >= 0.6 is 0 Å². The maximum atomic E-state index is 10.5. The van der Waals surface area contributed by atoms with Gasteiger partial charge in [0.1, 0.15) is 0 Å². The summed E-state index contributed by atoms with van der Waals surface area (Å²) in [5.41, 5.74) is 15.8. The Morgan fingerprint density at radius 1 is 0.383 bits per heavy atom. The van der Waals surface area contributed by atoms with Crippen molar-refractivity contribution >= 4 is 43.6 Å². The Kier molecular flexibility index (Phi) is 9.09. The first-order chi connectivity index (χ1) is 29.7. The van der Waals surface area contributed by atoms with Crippen molar-refractivity contribution < 1.29 is 0 Å². The molecule has 0 aliphatic heterocycles. The van der Waals surface area contributed by atoms with Crippen molar-refractivity contribution in [1.82, 2.24) is 9.13 Å². The van der Waals surface area contributed by atoms with E-state index in [1.165, 1.54) is 99.0 Å². The molecule has 4 heteroatoms. The normalized spacial score (nSPS) is 15.2. The van der Waals surface area contributed by atoms with Gasteiger partial charge in [-0.25, -0.2) is 0 Å². The second-order valence-electron chi connectivity index (χ2n) is 17.1. The number of hydrogen-bond acceptors (Lipinski definition) is 2. The van der Waals surface area contributed by atoms with Crippen LogP contribution in [0.2, 0.25) is 0 Å². The van der Waals surface area contributed by atoms with Crippen molar-refractivity contribution in [2.45, 2.75) is 76.0 Å². The lowest BCUT2D eigenvalue weighted by molar-refractivity contribution is 0.435. The molecule has 0 radical (unpaired) electrons. The number of benzene rings is 7. The summed E-state index contributed by atoms with van der Waals surface area (Å²) in [5.74, 6) is 0.589. The van der Waals surface area contributed by atoms with Gasteiger partial charge in [-0.2, -0.15) is 10.5 Å². The second kappa shape index (κ2) is 15.1. The second-order valence-corrected chi connectivity index (χ2v) is 17.1. The fourth-order valence-corrected chi connectivity index (χ4v) is 11.2. The van der Waals surface area contributed by atoms with Crippen molar-refractivity contribution in [2.24, 2.45) is 0 Å². The number of fused-ring (bicyclic) bond motifs is 6. The third kappa shape index (κ3) is 5.77. The predicted octanol–water partition coefficient (Wildman–Crippen LogP) is 15.1. The van der Waals surface area contributed by atoms with E-state index in [1.807, 2.05) is 12.1 Å². The Morgan fingerprint density at radius 2 is 0.733 bits per heavy atom. The van der Waals surface area contributed by atoms with Crippen LogP contribution in [-0.4, -0.2) is 9.13 Å². The minimum Gasteiger partial charge on any atom is -0.309 e. The van der Waals surface area contributed by atoms with Crippen LogP contribution in [0.25, 0.3) is 77.2 Å². The maximum absolute atomic E-state index is 10.5.